The van der Waals surface area contributed by atoms with Crippen LogP contribution in [0.5, 0.6) is 0 Å². The molecule has 2 amide bonds. The van der Waals surface area contributed by atoms with Crippen molar-refractivity contribution in [3.8, 4) is 0 Å². The Morgan fingerprint density at radius 3 is 2.81 bits per heavy atom. The molecule has 0 aliphatic carbocycles. The molecule has 1 heterocycles. The Morgan fingerprint density at radius 2 is 2.00 bits per heavy atom. The predicted molar refractivity (Wildman–Crippen MR) is 83.4 cm³/mol. The van der Waals surface area contributed by atoms with E-state index in [4.69, 9.17) is 0 Å². The first-order valence-electron chi connectivity index (χ1n) is 6.31. The number of carbonyl (C=O) groups is 1. The molecule has 2 aromatic carbocycles. The van der Waals surface area contributed by atoms with Crippen molar-refractivity contribution in [3.05, 3.63) is 53.8 Å². The molecule has 0 saturated heterocycles. The molecule has 2 N–H and O–H groups in total. The number of nitrogens with zero attached hydrogens (tertiary/aromatic N) is 1. The van der Waals surface area contributed by atoms with E-state index in [-0.39, 0.29) is 5.69 Å². The number of hydrogen-bond donors (Lipinski definition) is 2. The predicted octanol–water partition coefficient (Wildman–Crippen LogP) is 4.39. The molecular formula is C15H12FN3OS. The molecule has 0 bridgehead atoms. The van der Waals surface area contributed by atoms with Crippen LogP contribution in [0.4, 0.5) is 20.0 Å². The van der Waals surface area contributed by atoms with Gasteiger partial charge in [0.15, 0.2) is 5.13 Å². The zero-order chi connectivity index (χ0) is 14.8. The minimum atomic E-state index is -0.518. The SMILES string of the molecule is Cc1ccc2nc(NC(=O)Nc3ccccc3F)sc2c1. The largest absolute Gasteiger partial charge is 0.325 e. The number of aromatic nitrogens is 1. The fraction of sp³-hybridized carbons (Fsp3) is 0.0667. The van der Waals surface area contributed by atoms with Gasteiger partial charge in [0.2, 0.25) is 0 Å². The molecule has 0 spiro atoms. The average molecular weight is 301 g/mol. The van der Waals surface area contributed by atoms with Crippen LogP contribution in [0.3, 0.4) is 0 Å². The lowest BCUT2D eigenvalue weighted by Crippen LogP contribution is -2.19. The van der Waals surface area contributed by atoms with Crippen LogP contribution in [-0.4, -0.2) is 11.0 Å². The number of amides is 2. The Labute approximate surface area is 124 Å². The van der Waals surface area contributed by atoms with Gasteiger partial charge in [-0.15, -0.1) is 0 Å². The lowest BCUT2D eigenvalue weighted by molar-refractivity contribution is 0.262. The Morgan fingerprint density at radius 1 is 1.19 bits per heavy atom. The number of hydrogen-bond acceptors (Lipinski definition) is 3. The number of rotatable bonds is 2. The summed E-state index contributed by atoms with van der Waals surface area (Å²) in [7, 11) is 0. The molecular weight excluding hydrogens is 289 g/mol. The maximum absolute atomic E-state index is 13.4. The molecule has 6 heteroatoms. The third-order valence-electron chi connectivity index (χ3n) is 2.89. The Balaban J connectivity index is 1.75. The van der Waals surface area contributed by atoms with Gasteiger partial charge in [-0.05, 0) is 36.8 Å². The molecule has 0 aliphatic heterocycles. The summed E-state index contributed by atoms with van der Waals surface area (Å²) in [6.07, 6.45) is 0. The molecule has 106 valence electrons. The minimum absolute atomic E-state index is 0.131. The van der Waals surface area contributed by atoms with Crippen molar-refractivity contribution in [3.63, 3.8) is 0 Å². The number of halogens is 1. The number of thiazole rings is 1. The van der Waals surface area contributed by atoms with E-state index < -0.39 is 11.8 Å². The fourth-order valence-electron chi connectivity index (χ4n) is 1.90. The summed E-state index contributed by atoms with van der Waals surface area (Å²) in [5, 5.41) is 5.55. The van der Waals surface area contributed by atoms with Gasteiger partial charge < -0.3 is 5.32 Å². The van der Waals surface area contributed by atoms with E-state index >= 15 is 0 Å². The van der Waals surface area contributed by atoms with Crippen molar-refractivity contribution < 1.29 is 9.18 Å². The van der Waals surface area contributed by atoms with Crippen LogP contribution in [0.1, 0.15) is 5.56 Å². The highest BCUT2D eigenvalue weighted by molar-refractivity contribution is 7.22. The van der Waals surface area contributed by atoms with Gasteiger partial charge in [0, 0.05) is 0 Å². The van der Waals surface area contributed by atoms with E-state index in [9.17, 15) is 9.18 Å². The van der Waals surface area contributed by atoms with Gasteiger partial charge in [0.25, 0.3) is 0 Å². The first-order chi connectivity index (χ1) is 10.1. The zero-order valence-corrected chi connectivity index (χ0v) is 12.0. The molecule has 21 heavy (non-hydrogen) atoms. The second-order valence-electron chi connectivity index (χ2n) is 4.55. The summed E-state index contributed by atoms with van der Waals surface area (Å²) in [5.41, 5.74) is 2.09. The van der Waals surface area contributed by atoms with Gasteiger partial charge in [-0.25, -0.2) is 14.2 Å². The normalized spacial score (nSPS) is 10.6. The average Bonchev–Trinajstić information content (AvgIpc) is 2.82. The number of para-hydroxylation sites is 1. The summed E-state index contributed by atoms with van der Waals surface area (Å²) in [6, 6.07) is 11.4. The van der Waals surface area contributed by atoms with E-state index in [0.717, 1.165) is 15.8 Å². The van der Waals surface area contributed by atoms with Crippen LogP contribution in [0.2, 0.25) is 0 Å². The summed E-state index contributed by atoms with van der Waals surface area (Å²) in [6.45, 7) is 2.00. The smallest absolute Gasteiger partial charge is 0.305 e. The van der Waals surface area contributed by atoms with E-state index in [1.807, 2.05) is 25.1 Å². The molecule has 0 unspecified atom stereocenters. The van der Waals surface area contributed by atoms with Crippen LogP contribution >= 0.6 is 11.3 Å². The van der Waals surface area contributed by atoms with Crippen LogP contribution in [0.15, 0.2) is 42.5 Å². The number of anilines is 2. The standard InChI is InChI=1S/C15H12FN3OS/c1-9-6-7-12-13(8-9)21-15(18-12)19-14(20)17-11-5-3-2-4-10(11)16/h2-8H,1H3,(H2,17,18,19,20). The molecule has 0 saturated carbocycles. The number of nitrogens with one attached hydrogen (secondary N) is 2. The van der Waals surface area contributed by atoms with Crippen molar-refractivity contribution in [1.29, 1.82) is 0 Å². The van der Waals surface area contributed by atoms with E-state index in [1.54, 1.807) is 12.1 Å². The minimum Gasteiger partial charge on any atom is -0.305 e. The highest BCUT2D eigenvalue weighted by atomic mass is 32.1. The fourth-order valence-corrected chi connectivity index (χ4v) is 2.86. The van der Waals surface area contributed by atoms with Gasteiger partial charge in [-0.3, -0.25) is 5.32 Å². The first kappa shape index (κ1) is 13.5. The maximum atomic E-state index is 13.4. The quantitative estimate of drug-likeness (QED) is 0.737. The van der Waals surface area contributed by atoms with Crippen LogP contribution in [-0.2, 0) is 0 Å². The number of benzene rings is 2. The number of aryl methyl sites for hydroxylation is 1. The zero-order valence-electron chi connectivity index (χ0n) is 11.2. The summed E-state index contributed by atoms with van der Waals surface area (Å²) in [4.78, 5) is 16.2. The Kier molecular flexibility index (Phi) is 3.53. The monoisotopic (exact) mass is 301 g/mol. The van der Waals surface area contributed by atoms with Crippen LogP contribution in [0, 0.1) is 12.7 Å². The highest BCUT2D eigenvalue weighted by Crippen LogP contribution is 2.26. The van der Waals surface area contributed by atoms with E-state index in [0.29, 0.717) is 5.13 Å². The molecule has 1 aromatic heterocycles. The summed E-state index contributed by atoms with van der Waals surface area (Å²) < 4.78 is 14.4. The molecule has 0 atom stereocenters. The summed E-state index contributed by atoms with van der Waals surface area (Å²) in [5.74, 6) is -0.479. The van der Waals surface area contributed by atoms with Gasteiger partial charge in [-0.1, -0.05) is 29.5 Å². The molecule has 0 aliphatic rings. The summed E-state index contributed by atoms with van der Waals surface area (Å²) >= 11 is 1.38. The molecule has 3 rings (SSSR count). The van der Waals surface area contributed by atoms with Gasteiger partial charge in [0.05, 0.1) is 15.9 Å². The van der Waals surface area contributed by atoms with Crippen molar-refractivity contribution >= 4 is 38.4 Å². The Bertz CT molecular complexity index is 816. The maximum Gasteiger partial charge on any atom is 0.325 e. The van der Waals surface area contributed by atoms with E-state index in [2.05, 4.69) is 15.6 Å². The second kappa shape index (κ2) is 5.49. The molecule has 0 radical (unpaired) electrons. The van der Waals surface area contributed by atoms with E-state index in [1.165, 1.54) is 23.5 Å². The van der Waals surface area contributed by atoms with Crippen LogP contribution < -0.4 is 10.6 Å². The van der Waals surface area contributed by atoms with Crippen molar-refractivity contribution in [1.82, 2.24) is 4.98 Å². The molecule has 3 aromatic rings. The lowest BCUT2D eigenvalue weighted by atomic mass is 10.2. The van der Waals surface area contributed by atoms with Crippen LogP contribution in [0.25, 0.3) is 10.2 Å². The van der Waals surface area contributed by atoms with Gasteiger partial charge in [0.1, 0.15) is 5.82 Å². The number of carbonyl (C=O) groups excluding carboxylic acids is 1. The number of fused-ring (bicyclic) bond motifs is 1. The van der Waals surface area contributed by atoms with Gasteiger partial charge >= 0.3 is 6.03 Å². The third kappa shape index (κ3) is 3.00. The Hall–Kier alpha value is -2.47. The van der Waals surface area contributed by atoms with Crippen molar-refractivity contribution in [2.75, 3.05) is 10.6 Å². The topological polar surface area (TPSA) is 54.0 Å². The lowest BCUT2D eigenvalue weighted by Gasteiger charge is -2.05. The third-order valence-corrected chi connectivity index (χ3v) is 3.82. The van der Waals surface area contributed by atoms with Crippen molar-refractivity contribution in [2.45, 2.75) is 6.92 Å². The molecule has 0 fully saturated rings. The van der Waals surface area contributed by atoms with Crippen molar-refractivity contribution in [2.24, 2.45) is 0 Å². The second-order valence-corrected chi connectivity index (χ2v) is 5.58. The first-order valence-corrected chi connectivity index (χ1v) is 7.13. The molecule has 4 nitrogen and oxygen atoms in total. The number of urea groups is 1. The van der Waals surface area contributed by atoms with Gasteiger partial charge in [-0.2, -0.15) is 0 Å². The highest BCUT2D eigenvalue weighted by Gasteiger charge is 2.09.